The minimum absolute atomic E-state index is 0.431. The minimum Gasteiger partial charge on any atom is -0.490 e. The van der Waals surface area contributed by atoms with Crippen molar-refractivity contribution in [3.8, 4) is 5.75 Å². The zero-order chi connectivity index (χ0) is 17.4. The molecule has 2 N–H and O–H groups in total. The molecule has 0 amide bonds. The van der Waals surface area contributed by atoms with E-state index >= 15 is 0 Å². The van der Waals surface area contributed by atoms with E-state index in [0.717, 1.165) is 23.9 Å². The number of nitrogens with one attached hydrogen (secondary N) is 2. The summed E-state index contributed by atoms with van der Waals surface area (Å²) in [6, 6.07) is 5.32. The van der Waals surface area contributed by atoms with Gasteiger partial charge in [0.25, 0.3) is 0 Å². The van der Waals surface area contributed by atoms with Crippen molar-refractivity contribution in [2.45, 2.75) is 13.3 Å². The number of aliphatic imine (C=N–C) groups is 1. The largest absolute Gasteiger partial charge is 0.490 e. The second kappa shape index (κ2) is 9.71. The van der Waals surface area contributed by atoms with Gasteiger partial charge in [0.05, 0.1) is 16.6 Å². The lowest BCUT2D eigenvalue weighted by Gasteiger charge is -2.13. The van der Waals surface area contributed by atoms with Crippen LogP contribution in [-0.4, -0.2) is 37.7 Å². The number of benzene rings is 1. The predicted molar refractivity (Wildman–Crippen MR) is 102 cm³/mol. The van der Waals surface area contributed by atoms with Gasteiger partial charge in [-0.05, 0) is 19.1 Å². The fourth-order valence-electron chi connectivity index (χ4n) is 1.95. The number of nitrogens with zero attached hydrogens (tertiary/aromatic N) is 2. The lowest BCUT2D eigenvalue weighted by atomic mass is 10.3. The zero-order valence-electron chi connectivity index (χ0n) is 13.6. The number of ether oxygens (including phenoxy) is 1. The quantitative estimate of drug-likeness (QED) is 0.434. The molecular weight excluding hydrogens is 367 g/mol. The lowest BCUT2D eigenvalue weighted by molar-refractivity contribution is 0.322. The SMILES string of the molecule is CN=C(NCCOc1cccc(Cl)c1Cl)NCCc1ncc(C)s1. The van der Waals surface area contributed by atoms with E-state index < -0.39 is 0 Å². The maximum Gasteiger partial charge on any atom is 0.191 e. The Morgan fingerprint density at radius 3 is 2.79 bits per heavy atom. The smallest absolute Gasteiger partial charge is 0.191 e. The van der Waals surface area contributed by atoms with E-state index in [-0.39, 0.29) is 0 Å². The second-order valence-corrected chi connectivity index (χ2v) is 7.05. The number of rotatable bonds is 7. The molecule has 2 aromatic rings. The summed E-state index contributed by atoms with van der Waals surface area (Å²) in [5.41, 5.74) is 0. The van der Waals surface area contributed by atoms with E-state index in [4.69, 9.17) is 27.9 Å². The Kier molecular flexibility index (Phi) is 7.62. The zero-order valence-corrected chi connectivity index (χ0v) is 15.9. The summed E-state index contributed by atoms with van der Waals surface area (Å²) in [5.74, 6) is 1.30. The van der Waals surface area contributed by atoms with Gasteiger partial charge in [-0.3, -0.25) is 4.99 Å². The van der Waals surface area contributed by atoms with Gasteiger partial charge in [0.15, 0.2) is 5.96 Å². The Hall–Kier alpha value is -1.50. The molecule has 0 bridgehead atoms. The van der Waals surface area contributed by atoms with Crippen LogP contribution in [-0.2, 0) is 6.42 Å². The number of hydrogen-bond acceptors (Lipinski definition) is 4. The molecule has 1 aromatic carbocycles. The number of thiazole rings is 1. The minimum atomic E-state index is 0.431. The molecular formula is C16H20Cl2N4OS. The Bertz CT molecular complexity index is 690. The highest BCUT2D eigenvalue weighted by molar-refractivity contribution is 7.11. The van der Waals surface area contributed by atoms with Crippen LogP contribution in [0.2, 0.25) is 10.0 Å². The van der Waals surface area contributed by atoms with Gasteiger partial charge in [-0.2, -0.15) is 0 Å². The molecule has 0 aliphatic carbocycles. The van der Waals surface area contributed by atoms with Gasteiger partial charge in [0.1, 0.15) is 17.4 Å². The fraction of sp³-hybridized carbons (Fsp3) is 0.375. The molecule has 0 atom stereocenters. The van der Waals surface area contributed by atoms with Crippen LogP contribution >= 0.6 is 34.5 Å². The summed E-state index contributed by atoms with van der Waals surface area (Å²) in [5, 5.41) is 8.47. The van der Waals surface area contributed by atoms with Crippen LogP contribution in [0.4, 0.5) is 0 Å². The number of aromatic nitrogens is 1. The molecule has 5 nitrogen and oxygen atoms in total. The molecule has 0 saturated heterocycles. The summed E-state index contributed by atoms with van der Waals surface area (Å²) in [4.78, 5) is 9.74. The number of halogens is 2. The van der Waals surface area contributed by atoms with Crippen LogP contribution in [0.1, 0.15) is 9.88 Å². The predicted octanol–water partition coefficient (Wildman–Crippen LogP) is 3.54. The molecule has 130 valence electrons. The first kappa shape index (κ1) is 18.8. The molecule has 0 fully saturated rings. The molecule has 0 saturated carbocycles. The van der Waals surface area contributed by atoms with Gasteiger partial charge in [0, 0.05) is 31.1 Å². The molecule has 1 heterocycles. The highest BCUT2D eigenvalue weighted by atomic mass is 35.5. The lowest BCUT2D eigenvalue weighted by Crippen LogP contribution is -2.40. The summed E-state index contributed by atoms with van der Waals surface area (Å²) < 4.78 is 5.62. The van der Waals surface area contributed by atoms with Gasteiger partial charge >= 0.3 is 0 Å². The third kappa shape index (κ3) is 5.85. The Balaban J connectivity index is 1.67. The molecule has 8 heteroatoms. The highest BCUT2D eigenvalue weighted by Gasteiger charge is 2.05. The highest BCUT2D eigenvalue weighted by Crippen LogP contribution is 2.31. The number of aryl methyl sites for hydroxylation is 1. The van der Waals surface area contributed by atoms with Crippen molar-refractivity contribution in [1.82, 2.24) is 15.6 Å². The summed E-state index contributed by atoms with van der Waals surface area (Å²) in [6.45, 7) is 3.88. The molecule has 1 aromatic heterocycles. The Morgan fingerprint density at radius 2 is 2.08 bits per heavy atom. The standard InChI is InChI=1S/C16H20Cl2N4OS/c1-11-10-22-14(24-11)6-7-20-16(19-2)21-8-9-23-13-5-3-4-12(17)15(13)18/h3-5,10H,6-9H2,1-2H3,(H2,19,20,21). The van der Waals surface area contributed by atoms with Crippen LogP contribution in [0.3, 0.4) is 0 Å². The van der Waals surface area contributed by atoms with Gasteiger partial charge in [-0.25, -0.2) is 4.98 Å². The monoisotopic (exact) mass is 386 g/mol. The van der Waals surface area contributed by atoms with Crippen molar-refractivity contribution in [1.29, 1.82) is 0 Å². The van der Waals surface area contributed by atoms with Crippen molar-refractivity contribution < 1.29 is 4.74 Å². The Morgan fingerprint density at radius 1 is 1.29 bits per heavy atom. The van der Waals surface area contributed by atoms with Crippen LogP contribution < -0.4 is 15.4 Å². The molecule has 0 aliphatic heterocycles. The van der Waals surface area contributed by atoms with E-state index in [1.165, 1.54) is 4.88 Å². The van der Waals surface area contributed by atoms with Crippen LogP contribution in [0.5, 0.6) is 5.75 Å². The number of guanidine groups is 1. The topological polar surface area (TPSA) is 58.5 Å². The van der Waals surface area contributed by atoms with Gasteiger partial charge in [-0.1, -0.05) is 29.3 Å². The first-order valence-corrected chi connectivity index (χ1v) is 9.10. The third-order valence-corrected chi connectivity index (χ3v) is 4.87. The van der Waals surface area contributed by atoms with Crippen molar-refractivity contribution in [3.63, 3.8) is 0 Å². The van der Waals surface area contributed by atoms with E-state index in [9.17, 15) is 0 Å². The molecule has 0 unspecified atom stereocenters. The second-order valence-electron chi connectivity index (χ2n) is 4.94. The van der Waals surface area contributed by atoms with Crippen molar-refractivity contribution in [2.24, 2.45) is 4.99 Å². The van der Waals surface area contributed by atoms with Gasteiger partial charge in [-0.15, -0.1) is 11.3 Å². The van der Waals surface area contributed by atoms with Crippen molar-refractivity contribution in [3.05, 3.63) is 44.3 Å². The maximum atomic E-state index is 6.07. The molecule has 2 rings (SSSR count). The Labute approximate surface area is 156 Å². The molecule has 0 aliphatic rings. The first-order chi connectivity index (χ1) is 11.6. The van der Waals surface area contributed by atoms with Gasteiger partial charge in [0.2, 0.25) is 0 Å². The van der Waals surface area contributed by atoms with Gasteiger partial charge < -0.3 is 15.4 Å². The maximum absolute atomic E-state index is 6.07. The van der Waals surface area contributed by atoms with Crippen molar-refractivity contribution >= 4 is 40.5 Å². The van der Waals surface area contributed by atoms with Crippen LogP contribution in [0, 0.1) is 6.92 Å². The third-order valence-electron chi connectivity index (χ3n) is 3.09. The van der Waals surface area contributed by atoms with Crippen LogP contribution in [0.15, 0.2) is 29.4 Å². The van der Waals surface area contributed by atoms with E-state index in [0.29, 0.717) is 28.9 Å². The van der Waals surface area contributed by atoms with Crippen LogP contribution in [0.25, 0.3) is 0 Å². The molecule has 24 heavy (non-hydrogen) atoms. The molecule has 0 radical (unpaired) electrons. The normalized spacial score (nSPS) is 11.4. The fourth-order valence-corrected chi connectivity index (χ4v) is 3.08. The number of hydrogen-bond donors (Lipinski definition) is 2. The van der Waals surface area contributed by atoms with E-state index in [1.807, 2.05) is 6.20 Å². The average Bonchev–Trinajstić information content (AvgIpc) is 2.98. The summed E-state index contributed by atoms with van der Waals surface area (Å²) in [6.07, 6.45) is 2.76. The summed E-state index contributed by atoms with van der Waals surface area (Å²) in [7, 11) is 1.73. The average molecular weight is 387 g/mol. The first-order valence-electron chi connectivity index (χ1n) is 7.52. The summed E-state index contributed by atoms with van der Waals surface area (Å²) >= 11 is 13.7. The van der Waals surface area contributed by atoms with E-state index in [1.54, 1.807) is 36.6 Å². The van der Waals surface area contributed by atoms with E-state index in [2.05, 4.69) is 27.5 Å². The van der Waals surface area contributed by atoms with Crippen molar-refractivity contribution in [2.75, 3.05) is 26.7 Å². The molecule has 0 spiro atoms.